The Morgan fingerprint density at radius 3 is 2.66 bits per heavy atom. The summed E-state index contributed by atoms with van der Waals surface area (Å²) in [7, 11) is 0. The quantitative estimate of drug-likeness (QED) is 0.276. The van der Waals surface area contributed by atoms with Gasteiger partial charge in [-0.1, -0.05) is 24.3 Å². The SMILES string of the molecule is Cc1ccc(OCC(=O)N/N=C/c2cccc(OC(=O)c3cccs3)c2)cc1C. The molecule has 0 aliphatic carbocycles. The molecule has 1 amide bonds. The molecule has 0 aliphatic rings. The second-order valence-corrected chi connectivity index (χ2v) is 7.21. The number of hydrogen-bond donors (Lipinski definition) is 1. The van der Waals surface area contributed by atoms with Gasteiger partial charge >= 0.3 is 5.97 Å². The molecule has 2 aromatic carbocycles. The zero-order chi connectivity index (χ0) is 20.6. The third kappa shape index (κ3) is 6.02. The van der Waals surface area contributed by atoms with Crippen molar-refractivity contribution in [3.8, 4) is 11.5 Å². The lowest BCUT2D eigenvalue weighted by Gasteiger charge is -2.07. The van der Waals surface area contributed by atoms with Crippen LogP contribution in [0.15, 0.2) is 65.1 Å². The maximum atomic E-state index is 12.0. The summed E-state index contributed by atoms with van der Waals surface area (Å²) in [6.07, 6.45) is 1.47. The van der Waals surface area contributed by atoms with E-state index in [1.807, 2.05) is 37.4 Å². The zero-order valence-electron chi connectivity index (χ0n) is 16.0. The van der Waals surface area contributed by atoms with Gasteiger partial charge in [-0.2, -0.15) is 5.10 Å². The molecule has 1 heterocycles. The Bertz CT molecular complexity index is 1030. The minimum atomic E-state index is -0.411. The summed E-state index contributed by atoms with van der Waals surface area (Å²) in [5.41, 5.74) is 5.35. The lowest BCUT2D eigenvalue weighted by molar-refractivity contribution is -0.123. The van der Waals surface area contributed by atoms with E-state index in [4.69, 9.17) is 9.47 Å². The largest absolute Gasteiger partial charge is 0.484 e. The minimum absolute atomic E-state index is 0.141. The second-order valence-electron chi connectivity index (χ2n) is 6.27. The molecule has 0 unspecified atom stereocenters. The average molecular weight is 408 g/mol. The lowest BCUT2D eigenvalue weighted by atomic mass is 10.1. The monoisotopic (exact) mass is 408 g/mol. The van der Waals surface area contributed by atoms with Crippen LogP contribution in [0, 0.1) is 13.8 Å². The van der Waals surface area contributed by atoms with Crippen molar-refractivity contribution in [3.05, 3.63) is 81.5 Å². The molecule has 0 saturated carbocycles. The van der Waals surface area contributed by atoms with Crippen LogP contribution in [0.1, 0.15) is 26.4 Å². The van der Waals surface area contributed by atoms with Gasteiger partial charge in [-0.05, 0) is 66.2 Å². The van der Waals surface area contributed by atoms with E-state index in [0.717, 1.165) is 11.1 Å². The molecule has 3 rings (SSSR count). The second kappa shape index (κ2) is 9.66. The molecule has 0 spiro atoms. The van der Waals surface area contributed by atoms with Crippen LogP contribution in [-0.4, -0.2) is 24.7 Å². The molecule has 3 aromatic rings. The molecule has 148 valence electrons. The number of hydrogen-bond acceptors (Lipinski definition) is 6. The van der Waals surface area contributed by atoms with E-state index in [9.17, 15) is 9.59 Å². The number of amides is 1. The topological polar surface area (TPSA) is 77.0 Å². The lowest BCUT2D eigenvalue weighted by Crippen LogP contribution is -2.24. The fraction of sp³-hybridized carbons (Fsp3) is 0.136. The highest BCUT2D eigenvalue weighted by atomic mass is 32.1. The minimum Gasteiger partial charge on any atom is -0.484 e. The van der Waals surface area contributed by atoms with Crippen molar-refractivity contribution in [1.29, 1.82) is 0 Å². The van der Waals surface area contributed by atoms with E-state index in [1.165, 1.54) is 17.6 Å². The number of carbonyl (C=O) groups is 2. The van der Waals surface area contributed by atoms with Gasteiger partial charge in [0.15, 0.2) is 6.61 Å². The van der Waals surface area contributed by atoms with E-state index >= 15 is 0 Å². The van der Waals surface area contributed by atoms with Crippen molar-refractivity contribution >= 4 is 29.4 Å². The highest BCUT2D eigenvalue weighted by Crippen LogP contribution is 2.17. The van der Waals surface area contributed by atoms with Gasteiger partial charge in [0.2, 0.25) is 0 Å². The Morgan fingerprint density at radius 1 is 1.03 bits per heavy atom. The van der Waals surface area contributed by atoms with Crippen LogP contribution in [-0.2, 0) is 4.79 Å². The number of thiophene rings is 1. The number of aryl methyl sites for hydroxylation is 2. The van der Waals surface area contributed by atoms with Crippen LogP contribution in [0.25, 0.3) is 0 Å². The van der Waals surface area contributed by atoms with Gasteiger partial charge < -0.3 is 9.47 Å². The van der Waals surface area contributed by atoms with Crippen molar-refractivity contribution in [1.82, 2.24) is 5.43 Å². The van der Waals surface area contributed by atoms with Crippen LogP contribution in [0.4, 0.5) is 0 Å². The van der Waals surface area contributed by atoms with Gasteiger partial charge in [-0.15, -0.1) is 11.3 Å². The van der Waals surface area contributed by atoms with Crippen LogP contribution < -0.4 is 14.9 Å². The molecule has 0 fully saturated rings. The maximum absolute atomic E-state index is 12.0. The first kappa shape index (κ1) is 20.3. The van der Waals surface area contributed by atoms with Gasteiger partial charge in [-0.25, -0.2) is 10.2 Å². The predicted molar refractivity (Wildman–Crippen MR) is 113 cm³/mol. The highest BCUT2D eigenvalue weighted by molar-refractivity contribution is 7.12. The molecule has 1 aromatic heterocycles. The molecule has 7 heteroatoms. The van der Waals surface area contributed by atoms with Crippen molar-refractivity contribution < 1.29 is 19.1 Å². The fourth-order valence-corrected chi connectivity index (χ4v) is 2.97. The number of benzene rings is 2. The van der Waals surface area contributed by atoms with E-state index in [-0.39, 0.29) is 12.5 Å². The number of ether oxygens (including phenoxy) is 2. The van der Waals surface area contributed by atoms with Crippen LogP contribution in [0.5, 0.6) is 11.5 Å². The van der Waals surface area contributed by atoms with Crippen molar-refractivity contribution in [2.24, 2.45) is 5.10 Å². The fourth-order valence-electron chi connectivity index (χ4n) is 2.37. The van der Waals surface area contributed by atoms with Crippen molar-refractivity contribution in [2.45, 2.75) is 13.8 Å². The molecular weight excluding hydrogens is 388 g/mol. The zero-order valence-corrected chi connectivity index (χ0v) is 16.9. The Morgan fingerprint density at radius 2 is 1.90 bits per heavy atom. The number of nitrogens with one attached hydrogen (secondary N) is 1. The summed E-state index contributed by atoms with van der Waals surface area (Å²) in [6.45, 7) is 3.86. The summed E-state index contributed by atoms with van der Waals surface area (Å²) >= 11 is 1.32. The Balaban J connectivity index is 1.50. The smallest absolute Gasteiger partial charge is 0.353 e. The molecular formula is C22H20N2O4S. The molecule has 0 bridgehead atoms. The normalized spacial score (nSPS) is 10.7. The Kier molecular flexibility index (Phi) is 6.76. The Labute approximate surface area is 172 Å². The van der Waals surface area contributed by atoms with Gasteiger partial charge in [0.05, 0.1) is 6.21 Å². The molecule has 0 aliphatic heterocycles. The Hall–Kier alpha value is -3.45. The molecule has 0 atom stereocenters. The molecule has 0 saturated heterocycles. The first-order valence-electron chi connectivity index (χ1n) is 8.89. The summed E-state index contributed by atoms with van der Waals surface area (Å²) < 4.78 is 10.8. The highest BCUT2D eigenvalue weighted by Gasteiger charge is 2.09. The third-order valence-electron chi connectivity index (χ3n) is 4.04. The summed E-state index contributed by atoms with van der Waals surface area (Å²) in [6, 6.07) is 16.0. The molecule has 1 N–H and O–H groups in total. The maximum Gasteiger partial charge on any atom is 0.353 e. The van der Waals surface area contributed by atoms with Crippen LogP contribution in [0.2, 0.25) is 0 Å². The first-order valence-corrected chi connectivity index (χ1v) is 9.77. The standard InChI is InChI=1S/C22H20N2O4S/c1-15-8-9-18(11-16(15)2)27-14-21(25)24-23-13-17-5-3-6-19(12-17)28-22(26)20-7-4-10-29-20/h3-13H,14H2,1-2H3,(H,24,25)/b23-13+. The summed E-state index contributed by atoms with van der Waals surface area (Å²) in [4.78, 5) is 24.4. The van der Waals surface area contributed by atoms with Gasteiger partial charge in [0.1, 0.15) is 16.4 Å². The van der Waals surface area contributed by atoms with Gasteiger partial charge in [0, 0.05) is 0 Å². The predicted octanol–water partition coefficient (Wildman–Crippen LogP) is 4.11. The van der Waals surface area contributed by atoms with Crippen molar-refractivity contribution in [3.63, 3.8) is 0 Å². The van der Waals surface area contributed by atoms with Gasteiger partial charge in [0.25, 0.3) is 5.91 Å². The number of hydrazone groups is 1. The first-order chi connectivity index (χ1) is 14.0. The number of nitrogens with zero attached hydrogens (tertiary/aromatic N) is 1. The average Bonchev–Trinajstić information content (AvgIpc) is 3.24. The van der Waals surface area contributed by atoms with E-state index in [2.05, 4.69) is 10.5 Å². The van der Waals surface area contributed by atoms with E-state index in [0.29, 0.717) is 21.9 Å². The molecule has 0 radical (unpaired) electrons. The number of esters is 1. The number of rotatable bonds is 7. The molecule has 29 heavy (non-hydrogen) atoms. The summed E-state index contributed by atoms with van der Waals surface area (Å²) in [5, 5.41) is 5.72. The van der Waals surface area contributed by atoms with Crippen LogP contribution >= 0.6 is 11.3 Å². The number of carbonyl (C=O) groups excluding carboxylic acids is 2. The van der Waals surface area contributed by atoms with Crippen LogP contribution in [0.3, 0.4) is 0 Å². The van der Waals surface area contributed by atoms with E-state index in [1.54, 1.807) is 36.4 Å². The van der Waals surface area contributed by atoms with Crippen molar-refractivity contribution in [2.75, 3.05) is 6.61 Å². The van der Waals surface area contributed by atoms with E-state index < -0.39 is 5.97 Å². The molecule has 6 nitrogen and oxygen atoms in total. The third-order valence-corrected chi connectivity index (χ3v) is 4.89. The van der Waals surface area contributed by atoms with Gasteiger partial charge in [-0.3, -0.25) is 4.79 Å². The summed E-state index contributed by atoms with van der Waals surface area (Å²) in [5.74, 6) is 0.245.